The van der Waals surface area contributed by atoms with Gasteiger partial charge in [-0.25, -0.2) is 23.7 Å². The molecule has 0 radical (unpaired) electrons. The van der Waals surface area contributed by atoms with Gasteiger partial charge in [-0.2, -0.15) is 8.62 Å². The van der Waals surface area contributed by atoms with Gasteiger partial charge in [-0.05, 0) is 0 Å². The van der Waals surface area contributed by atoms with E-state index in [1.54, 1.807) is 0 Å². The molecule has 33 heavy (non-hydrogen) atoms. The minimum atomic E-state index is -5.74. The van der Waals surface area contributed by atoms with Gasteiger partial charge in [0, 0.05) is 0 Å². The topological polar surface area (TPSA) is 279 Å². The second-order valence-corrected chi connectivity index (χ2v) is 10.4. The number of hydrogen-bond acceptors (Lipinski definition) is 12. The first-order valence-corrected chi connectivity index (χ1v) is 12.4. The van der Waals surface area contributed by atoms with Crippen molar-refractivity contribution in [1.29, 1.82) is 0 Å². The molecule has 1 aliphatic heterocycles. The van der Waals surface area contributed by atoms with E-state index in [2.05, 4.69) is 28.1 Å². The summed E-state index contributed by atoms with van der Waals surface area (Å²) in [5.74, 6) is 0. The van der Waals surface area contributed by atoms with E-state index in [1.807, 2.05) is 0 Å². The van der Waals surface area contributed by atoms with Crippen LogP contribution in [0.1, 0.15) is 6.23 Å². The Labute approximate surface area is 227 Å². The summed E-state index contributed by atoms with van der Waals surface area (Å²) in [6, 6.07) is 0. The van der Waals surface area contributed by atoms with Crippen LogP contribution in [0.15, 0.2) is 17.4 Å². The number of H-pyrrole nitrogens is 1. The first-order chi connectivity index (χ1) is 14.2. The molecular weight excluding hydrogens is 539 g/mol. The number of ether oxygens (including phenoxy) is 1. The van der Waals surface area contributed by atoms with E-state index >= 15 is 0 Å². The Morgan fingerprint density at radius 2 is 1.70 bits per heavy atom. The van der Waals surface area contributed by atoms with Crippen LogP contribution in [0, 0.1) is 0 Å². The number of aromatic amines is 1. The van der Waals surface area contributed by atoms with E-state index in [4.69, 9.17) is 19.4 Å². The third-order valence-electron chi connectivity index (χ3n) is 3.74. The molecule has 0 spiro atoms. The number of hydrogen-bond donors (Lipinski definition) is 5. The summed E-state index contributed by atoms with van der Waals surface area (Å²) >= 11 is 0. The van der Waals surface area contributed by atoms with Gasteiger partial charge in [0.1, 0.15) is 6.23 Å². The Kier molecular flexibility index (Phi) is 11.3. The van der Waals surface area contributed by atoms with Crippen LogP contribution in [0.2, 0.25) is 0 Å². The molecule has 0 saturated carbocycles. The zero-order valence-electron chi connectivity index (χ0n) is 16.7. The second kappa shape index (κ2) is 11.8. The summed E-state index contributed by atoms with van der Waals surface area (Å²) < 4.78 is 51.2. The number of phosphoric ester groups is 1. The smallest absolute Gasteiger partial charge is 0.851 e. The molecule has 18 nitrogen and oxygen atoms in total. The van der Waals surface area contributed by atoms with Crippen molar-refractivity contribution in [3.05, 3.63) is 23.0 Å². The third-order valence-corrected chi connectivity index (χ3v) is 7.55. The van der Waals surface area contributed by atoms with Crippen LogP contribution in [0.3, 0.4) is 0 Å². The number of fused-ring (bicyclic) bond motifs is 1. The van der Waals surface area contributed by atoms with Gasteiger partial charge in [0.15, 0.2) is 11.2 Å². The summed E-state index contributed by atoms with van der Waals surface area (Å²) in [6.07, 6.45) is -5.23. The quantitative estimate of drug-likeness (QED) is 0.150. The average Bonchev–Trinajstić information content (AvgIpc) is 3.13. The largest absolute Gasteiger partial charge is 1.00 e. The van der Waals surface area contributed by atoms with E-state index in [9.17, 15) is 33.6 Å². The van der Waals surface area contributed by atoms with Crippen molar-refractivity contribution in [3.63, 3.8) is 0 Å². The van der Waals surface area contributed by atoms with Crippen LogP contribution in [0.25, 0.3) is 11.2 Å². The summed E-state index contributed by atoms with van der Waals surface area (Å²) in [7, 11) is -16.8. The monoisotopic (exact) mass is 552 g/mol. The molecule has 1 fully saturated rings. The molecule has 0 aromatic carbocycles. The fourth-order valence-corrected chi connectivity index (χ4v) is 5.62. The van der Waals surface area contributed by atoms with Crippen molar-refractivity contribution < 1.29 is 120 Å². The maximum Gasteiger partial charge on any atom is 1.00 e. The van der Waals surface area contributed by atoms with E-state index in [-0.39, 0.29) is 70.3 Å². The third kappa shape index (κ3) is 8.06. The van der Waals surface area contributed by atoms with Gasteiger partial charge < -0.3 is 39.5 Å². The predicted octanol–water partition coefficient (Wildman–Crippen LogP) is -9.17. The summed E-state index contributed by atoms with van der Waals surface area (Å²) in [6.45, 7) is -1.09. The zero-order valence-corrected chi connectivity index (χ0v) is 23.4. The van der Waals surface area contributed by atoms with Crippen LogP contribution in [0.5, 0.6) is 0 Å². The van der Waals surface area contributed by atoms with Crippen molar-refractivity contribution in [2.45, 2.75) is 24.5 Å². The number of imidazole rings is 1. The Bertz CT molecular complexity index is 1170. The van der Waals surface area contributed by atoms with Gasteiger partial charge in [0.25, 0.3) is 5.56 Å². The van der Waals surface area contributed by atoms with Gasteiger partial charge >= 0.3 is 82.6 Å². The van der Waals surface area contributed by atoms with Gasteiger partial charge in [-0.3, -0.25) is 13.9 Å². The van der Waals surface area contributed by atoms with Crippen LogP contribution in [-0.4, -0.2) is 64.0 Å². The Morgan fingerprint density at radius 3 is 2.30 bits per heavy atom. The number of aromatic nitrogens is 4. The number of rotatable bonds is 8. The molecule has 6 atom stereocenters. The first kappa shape index (κ1) is 31.7. The first-order valence-electron chi connectivity index (χ1n) is 7.85. The van der Waals surface area contributed by atoms with Gasteiger partial charge in [0.05, 0.1) is 25.4 Å². The summed E-state index contributed by atoms with van der Waals surface area (Å²) in [5, 5.41) is 24.5. The Hall–Kier alpha value is 0.640. The van der Waals surface area contributed by atoms with Crippen molar-refractivity contribution in [3.8, 4) is 0 Å². The Morgan fingerprint density at radius 1 is 1.06 bits per heavy atom. The van der Waals surface area contributed by atoms with Crippen LogP contribution in [0.4, 0.5) is 0 Å². The van der Waals surface area contributed by atoms with E-state index in [0.29, 0.717) is 0 Å². The van der Waals surface area contributed by atoms with E-state index in [0.717, 1.165) is 17.2 Å². The van der Waals surface area contributed by atoms with Crippen LogP contribution >= 0.6 is 23.5 Å². The molecule has 2 unspecified atom stereocenters. The molecule has 0 amide bonds. The molecule has 174 valence electrons. The standard InChI is InChI=1S/C10H13N4O14P3.2Na/c15-6-4(1-25-30(21,22)28-31(23,24)27-29(18,19)20)26-10(7(6)16)14-3-13-5-8(14)11-2-12-9(5)17;;/h2-4,6-7,10H,1H2,(H,21,22)(H,23,24)(H,11,12,17)(H2,18,19,20);;/q-2;2*+1/t4-,6-,7-,10-;;/m1../s1. The normalized spacial score (nSPS) is 26.7. The van der Waals surface area contributed by atoms with Crippen molar-refractivity contribution in [2.75, 3.05) is 6.61 Å². The SMILES string of the molecule is O=c1[nH]cnc2c1ncn2[C@@H]1O[C@H](COP(=O)(O)OP(=O)(O)OP(=O)(O)O)[C@@H]([O-])[C@H]1[O-].[Na+].[Na+]. The average molecular weight is 552 g/mol. The maximum atomic E-state index is 12.3. The Balaban J connectivity index is 0.00000272. The predicted molar refractivity (Wildman–Crippen MR) is 89.5 cm³/mol. The fraction of sp³-hybridized carbons (Fsp3) is 0.500. The number of nitrogens with one attached hydrogen (secondary N) is 1. The molecule has 5 N–H and O–H groups in total. The van der Waals surface area contributed by atoms with E-state index < -0.39 is 60.2 Å². The molecule has 3 heterocycles. The molecule has 1 aliphatic rings. The molecule has 3 rings (SSSR count). The van der Waals surface area contributed by atoms with Crippen molar-refractivity contribution in [2.24, 2.45) is 0 Å². The van der Waals surface area contributed by atoms with Crippen molar-refractivity contribution >= 4 is 34.6 Å². The molecule has 23 heteroatoms. The number of phosphoric acid groups is 3. The molecule has 1 saturated heterocycles. The molecular formula is C10H13N4Na2O14P3. The summed E-state index contributed by atoms with van der Waals surface area (Å²) in [4.78, 5) is 57.0. The van der Waals surface area contributed by atoms with Crippen LogP contribution < -0.4 is 74.9 Å². The fourth-order valence-electron chi connectivity index (χ4n) is 2.59. The van der Waals surface area contributed by atoms with E-state index in [1.165, 1.54) is 0 Å². The molecule has 0 aliphatic carbocycles. The van der Waals surface area contributed by atoms with Gasteiger partial charge in [-0.1, -0.05) is 6.10 Å². The minimum absolute atomic E-state index is 0. The molecule has 2 aromatic rings. The number of nitrogens with zero attached hydrogens (tertiary/aromatic N) is 3. The van der Waals surface area contributed by atoms with Gasteiger partial charge in [-0.15, -0.1) is 6.10 Å². The van der Waals surface area contributed by atoms with Crippen molar-refractivity contribution in [1.82, 2.24) is 19.5 Å². The van der Waals surface area contributed by atoms with Gasteiger partial charge in [0.2, 0.25) is 0 Å². The second-order valence-electron chi connectivity index (χ2n) is 5.94. The molecule has 0 bridgehead atoms. The van der Waals surface area contributed by atoms with Crippen LogP contribution in [-0.2, 0) is 31.6 Å². The zero-order chi connectivity index (χ0) is 23.2. The minimum Gasteiger partial charge on any atom is -0.851 e. The summed E-state index contributed by atoms with van der Waals surface area (Å²) in [5.41, 5.74) is -0.833. The molecule has 2 aromatic heterocycles. The maximum absolute atomic E-state index is 12.3.